The number of methoxy groups -OCH3 is 1. The topological polar surface area (TPSA) is 72.4 Å². The Kier molecular flexibility index (Phi) is 4.72. The van der Waals surface area contributed by atoms with Gasteiger partial charge in [0, 0.05) is 17.5 Å². The third kappa shape index (κ3) is 3.31. The summed E-state index contributed by atoms with van der Waals surface area (Å²) in [7, 11) is 1.59. The second kappa shape index (κ2) is 7.20. The normalized spacial score (nSPS) is 16.8. The molecule has 2 amide bonds. The predicted octanol–water partition coefficient (Wildman–Crippen LogP) is 3.51. The van der Waals surface area contributed by atoms with Crippen LogP contribution >= 0.6 is 11.8 Å². The molecule has 2 heterocycles. The number of benzene rings is 2. The van der Waals surface area contributed by atoms with Gasteiger partial charge in [0.2, 0.25) is 11.8 Å². The Morgan fingerprint density at radius 2 is 1.89 bits per heavy atom. The fraction of sp³-hybridized carbons (Fsp3) is 0.200. The Hall–Kier alpha value is -3.00. The van der Waals surface area contributed by atoms with Crippen molar-refractivity contribution in [3.63, 3.8) is 0 Å². The van der Waals surface area contributed by atoms with Gasteiger partial charge in [-0.05, 0) is 49.4 Å². The molecule has 8 heteroatoms. The van der Waals surface area contributed by atoms with Crippen LogP contribution in [0.5, 0.6) is 5.75 Å². The van der Waals surface area contributed by atoms with Crippen molar-refractivity contribution in [1.29, 1.82) is 0 Å². The fourth-order valence-corrected chi connectivity index (χ4v) is 4.13. The van der Waals surface area contributed by atoms with Gasteiger partial charge in [-0.2, -0.15) is 0 Å². The molecule has 1 unspecified atom stereocenters. The third-order valence-electron chi connectivity index (χ3n) is 4.51. The van der Waals surface area contributed by atoms with Crippen LogP contribution < -0.4 is 9.64 Å². The molecule has 0 radical (unpaired) electrons. The highest BCUT2D eigenvalue weighted by Crippen LogP contribution is 2.33. The number of imide groups is 1. The van der Waals surface area contributed by atoms with Gasteiger partial charge in [0.1, 0.15) is 16.8 Å². The van der Waals surface area contributed by atoms with E-state index in [1.54, 1.807) is 7.11 Å². The molecule has 1 atom stereocenters. The van der Waals surface area contributed by atoms with E-state index in [1.165, 1.54) is 24.3 Å². The Morgan fingerprint density at radius 1 is 1.14 bits per heavy atom. The first-order chi connectivity index (χ1) is 13.5. The lowest BCUT2D eigenvalue weighted by Crippen LogP contribution is -2.31. The Morgan fingerprint density at radius 3 is 2.61 bits per heavy atom. The average Bonchev–Trinajstić information content (AvgIpc) is 2.95. The SMILES string of the molecule is COc1ccc2nc(SC3CC(=O)N(c4ccc(F)cc4)C3=O)nc(C)c2c1. The van der Waals surface area contributed by atoms with Crippen LogP contribution in [0.15, 0.2) is 47.6 Å². The van der Waals surface area contributed by atoms with E-state index >= 15 is 0 Å². The summed E-state index contributed by atoms with van der Waals surface area (Å²) in [4.78, 5) is 35.2. The van der Waals surface area contributed by atoms with Crippen molar-refractivity contribution in [2.24, 2.45) is 0 Å². The number of carbonyl (C=O) groups excluding carboxylic acids is 2. The first kappa shape index (κ1) is 18.4. The summed E-state index contributed by atoms with van der Waals surface area (Å²) in [5.41, 5.74) is 1.86. The van der Waals surface area contributed by atoms with Gasteiger partial charge in [0.25, 0.3) is 0 Å². The quantitative estimate of drug-likeness (QED) is 0.496. The van der Waals surface area contributed by atoms with Gasteiger partial charge in [0.05, 0.1) is 18.3 Å². The van der Waals surface area contributed by atoms with Crippen molar-refractivity contribution >= 4 is 40.2 Å². The van der Waals surface area contributed by atoms with Crippen molar-refractivity contribution in [1.82, 2.24) is 9.97 Å². The zero-order chi connectivity index (χ0) is 19.8. The van der Waals surface area contributed by atoms with Crippen LogP contribution in [0.4, 0.5) is 10.1 Å². The molecule has 3 aromatic rings. The monoisotopic (exact) mass is 397 g/mol. The Bertz CT molecular complexity index is 1090. The van der Waals surface area contributed by atoms with Gasteiger partial charge < -0.3 is 4.74 Å². The van der Waals surface area contributed by atoms with Crippen molar-refractivity contribution < 1.29 is 18.7 Å². The molecule has 6 nitrogen and oxygen atoms in total. The summed E-state index contributed by atoms with van der Waals surface area (Å²) >= 11 is 1.16. The minimum atomic E-state index is -0.618. The van der Waals surface area contributed by atoms with Gasteiger partial charge in [0.15, 0.2) is 5.16 Å². The summed E-state index contributed by atoms with van der Waals surface area (Å²) in [5.74, 6) is -0.384. The van der Waals surface area contributed by atoms with Gasteiger partial charge in [-0.15, -0.1) is 0 Å². The van der Waals surface area contributed by atoms with Crippen LogP contribution in [0, 0.1) is 12.7 Å². The second-order valence-electron chi connectivity index (χ2n) is 6.33. The van der Waals surface area contributed by atoms with E-state index in [4.69, 9.17) is 4.74 Å². The summed E-state index contributed by atoms with van der Waals surface area (Å²) < 4.78 is 18.4. The molecule has 0 aliphatic carbocycles. The van der Waals surface area contributed by atoms with Crippen molar-refractivity contribution in [3.8, 4) is 5.75 Å². The highest BCUT2D eigenvalue weighted by Gasteiger charge is 2.40. The second-order valence-corrected chi connectivity index (χ2v) is 7.50. The molecule has 1 fully saturated rings. The number of anilines is 1. The molecular formula is C20H16FN3O3S. The van der Waals surface area contributed by atoms with E-state index in [0.717, 1.165) is 33.3 Å². The van der Waals surface area contributed by atoms with E-state index in [2.05, 4.69) is 9.97 Å². The lowest BCUT2D eigenvalue weighted by molar-refractivity contribution is -0.121. The smallest absolute Gasteiger partial charge is 0.247 e. The summed E-state index contributed by atoms with van der Waals surface area (Å²) in [5, 5.41) is 0.681. The van der Waals surface area contributed by atoms with Crippen molar-refractivity contribution in [2.75, 3.05) is 12.0 Å². The molecule has 0 spiro atoms. The molecule has 28 heavy (non-hydrogen) atoms. The molecule has 2 aromatic carbocycles. The zero-order valence-corrected chi connectivity index (χ0v) is 16.0. The van der Waals surface area contributed by atoms with Crippen LogP contribution in [0.2, 0.25) is 0 Å². The van der Waals surface area contributed by atoms with E-state index in [9.17, 15) is 14.0 Å². The number of halogens is 1. The maximum Gasteiger partial charge on any atom is 0.247 e. The number of rotatable bonds is 4. The number of amides is 2. The molecule has 1 aromatic heterocycles. The van der Waals surface area contributed by atoms with Crippen LogP contribution in [0.25, 0.3) is 10.9 Å². The number of aryl methyl sites for hydroxylation is 1. The van der Waals surface area contributed by atoms with E-state index < -0.39 is 11.1 Å². The zero-order valence-electron chi connectivity index (χ0n) is 15.2. The van der Waals surface area contributed by atoms with Gasteiger partial charge in [-0.3, -0.25) is 9.59 Å². The predicted molar refractivity (Wildman–Crippen MR) is 104 cm³/mol. The highest BCUT2D eigenvalue weighted by atomic mass is 32.2. The minimum absolute atomic E-state index is 0.0456. The summed E-state index contributed by atoms with van der Waals surface area (Å²) in [6, 6.07) is 10.8. The lowest BCUT2D eigenvalue weighted by atomic mass is 10.2. The number of nitrogens with zero attached hydrogens (tertiary/aromatic N) is 3. The van der Waals surface area contributed by atoms with E-state index in [0.29, 0.717) is 16.6 Å². The number of ether oxygens (including phenoxy) is 1. The largest absolute Gasteiger partial charge is 0.497 e. The number of thioether (sulfide) groups is 1. The highest BCUT2D eigenvalue weighted by molar-refractivity contribution is 8.00. The molecule has 1 saturated heterocycles. The molecule has 0 N–H and O–H groups in total. The van der Waals surface area contributed by atoms with Gasteiger partial charge in [-0.25, -0.2) is 19.3 Å². The summed E-state index contributed by atoms with van der Waals surface area (Å²) in [6.45, 7) is 1.86. The summed E-state index contributed by atoms with van der Waals surface area (Å²) in [6.07, 6.45) is 0.0456. The van der Waals surface area contributed by atoms with E-state index in [-0.39, 0.29) is 18.2 Å². The first-order valence-electron chi connectivity index (χ1n) is 8.57. The van der Waals surface area contributed by atoms with Crippen molar-refractivity contribution in [2.45, 2.75) is 23.8 Å². The molecule has 1 aliphatic rings. The number of hydrogen-bond acceptors (Lipinski definition) is 6. The molecule has 0 saturated carbocycles. The number of hydrogen-bond donors (Lipinski definition) is 0. The van der Waals surface area contributed by atoms with Crippen molar-refractivity contribution in [3.05, 3.63) is 54.0 Å². The lowest BCUT2D eigenvalue weighted by Gasteiger charge is -2.14. The molecule has 1 aliphatic heterocycles. The Balaban J connectivity index is 1.60. The van der Waals surface area contributed by atoms with Gasteiger partial charge in [-0.1, -0.05) is 11.8 Å². The van der Waals surface area contributed by atoms with Crippen LogP contribution in [0.3, 0.4) is 0 Å². The van der Waals surface area contributed by atoms with Crippen LogP contribution in [0.1, 0.15) is 12.1 Å². The van der Waals surface area contributed by atoms with Crippen LogP contribution in [-0.2, 0) is 9.59 Å². The average molecular weight is 397 g/mol. The standard InChI is InChI=1S/C20H16FN3O3S/c1-11-15-9-14(27-2)7-8-16(15)23-20(22-11)28-17-10-18(25)24(19(17)26)13-5-3-12(21)4-6-13/h3-9,17H,10H2,1-2H3. The molecular weight excluding hydrogens is 381 g/mol. The number of fused-ring (bicyclic) bond motifs is 1. The number of aromatic nitrogens is 2. The number of carbonyl (C=O) groups is 2. The first-order valence-corrected chi connectivity index (χ1v) is 9.45. The maximum atomic E-state index is 13.1. The minimum Gasteiger partial charge on any atom is -0.497 e. The molecule has 0 bridgehead atoms. The fourth-order valence-electron chi connectivity index (χ4n) is 3.10. The Labute approximate surface area is 164 Å². The molecule has 142 valence electrons. The van der Waals surface area contributed by atoms with Gasteiger partial charge >= 0.3 is 0 Å². The molecule has 4 rings (SSSR count). The maximum absolute atomic E-state index is 13.1. The van der Waals surface area contributed by atoms with Crippen LogP contribution in [-0.4, -0.2) is 34.1 Å². The van der Waals surface area contributed by atoms with E-state index in [1.807, 2.05) is 25.1 Å². The third-order valence-corrected chi connectivity index (χ3v) is 5.56.